The van der Waals surface area contributed by atoms with Gasteiger partial charge in [0.25, 0.3) is 0 Å². The zero-order chi connectivity index (χ0) is 42.0. The van der Waals surface area contributed by atoms with Crippen LogP contribution in [0.3, 0.4) is 0 Å². The average molecular weight is 814 g/mol. The Balaban J connectivity index is 1.85. The molecule has 2 amide bonds. The van der Waals surface area contributed by atoms with E-state index in [9.17, 15) is 9.59 Å². The van der Waals surface area contributed by atoms with Gasteiger partial charge in [-0.25, -0.2) is 4.79 Å². The summed E-state index contributed by atoms with van der Waals surface area (Å²) in [6.07, 6.45) is 32.3. The number of nitrogens with one attached hydrogen (secondary N) is 2. The highest BCUT2D eigenvalue weighted by atomic mass is 16.6. The minimum Gasteiger partial charge on any atom is -0.444 e. The van der Waals surface area contributed by atoms with Gasteiger partial charge in [0.1, 0.15) is 5.60 Å². The van der Waals surface area contributed by atoms with Crippen LogP contribution in [0.1, 0.15) is 207 Å². The predicted molar refractivity (Wildman–Crippen MR) is 243 cm³/mol. The molecule has 336 valence electrons. The van der Waals surface area contributed by atoms with Crippen molar-refractivity contribution in [3.8, 4) is 0 Å². The zero-order valence-electron chi connectivity index (χ0n) is 38.5. The lowest BCUT2D eigenvalue weighted by Crippen LogP contribution is -2.55. The van der Waals surface area contributed by atoms with Gasteiger partial charge in [0.15, 0.2) is 0 Å². The molecule has 1 atom stereocenters. The molecular weight excluding hydrogens is 723 g/mol. The van der Waals surface area contributed by atoms with Crippen LogP contribution < -0.4 is 10.6 Å². The topological polar surface area (TPSA) is 89.1 Å². The zero-order valence-corrected chi connectivity index (χ0v) is 38.5. The molecule has 0 aliphatic carbocycles. The van der Waals surface area contributed by atoms with Crippen molar-refractivity contribution in [1.29, 1.82) is 0 Å². The summed E-state index contributed by atoms with van der Waals surface area (Å²) in [6.45, 7) is 14.7. The molecule has 1 fully saturated rings. The highest BCUT2D eigenvalue weighted by Gasteiger charge is 2.42. The number of amides is 2. The van der Waals surface area contributed by atoms with Crippen LogP contribution in [0.2, 0.25) is 0 Å². The summed E-state index contributed by atoms with van der Waals surface area (Å²) in [5, 5.41) is 6.88. The Hall–Kier alpha value is -2.16. The number of nitrogens with zero attached hydrogens (tertiary/aromatic N) is 1. The second-order valence-electron chi connectivity index (χ2n) is 18.4. The Morgan fingerprint density at radius 2 is 1.14 bits per heavy atom. The highest BCUT2D eigenvalue weighted by Crippen LogP contribution is 2.32. The van der Waals surface area contributed by atoms with Crippen molar-refractivity contribution in [3.63, 3.8) is 0 Å². The molecule has 1 aliphatic rings. The summed E-state index contributed by atoms with van der Waals surface area (Å²) in [5.41, 5.74) is -0.0124. The molecule has 0 spiro atoms. The van der Waals surface area contributed by atoms with Crippen LogP contribution in [-0.2, 0) is 25.5 Å². The van der Waals surface area contributed by atoms with E-state index in [2.05, 4.69) is 36.6 Å². The predicted octanol–water partition coefficient (Wildman–Crippen LogP) is 12.7. The second-order valence-corrected chi connectivity index (χ2v) is 18.4. The Morgan fingerprint density at radius 1 is 0.672 bits per heavy atom. The van der Waals surface area contributed by atoms with Gasteiger partial charge in [-0.3, -0.25) is 4.79 Å². The van der Waals surface area contributed by atoms with Gasteiger partial charge in [-0.05, 0) is 52.0 Å². The van der Waals surface area contributed by atoms with Crippen molar-refractivity contribution >= 4 is 12.0 Å². The van der Waals surface area contributed by atoms with Crippen LogP contribution in [0.15, 0.2) is 30.3 Å². The molecule has 0 radical (unpaired) electrons. The molecule has 2 N–H and O–H groups in total. The van der Waals surface area contributed by atoms with E-state index in [1.54, 1.807) is 4.90 Å². The number of hydrogen-bond acceptors (Lipinski definition) is 6. The minimum atomic E-state index is -0.636. The maximum atomic E-state index is 14.2. The van der Waals surface area contributed by atoms with Crippen molar-refractivity contribution in [2.75, 3.05) is 46.0 Å². The van der Waals surface area contributed by atoms with Crippen molar-refractivity contribution < 1.29 is 23.8 Å². The summed E-state index contributed by atoms with van der Waals surface area (Å²) >= 11 is 0. The van der Waals surface area contributed by atoms with E-state index >= 15 is 0 Å². The van der Waals surface area contributed by atoms with Gasteiger partial charge in [-0.15, -0.1) is 0 Å². The molecular formula is C50H91N3O5. The van der Waals surface area contributed by atoms with E-state index in [1.807, 2.05) is 39.0 Å². The molecule has 1 aliphatic heterocycles. The number of carbonyl (C=O) groups is 2. The van der Waals surface area contributed by atoms with Gasteiger partial charge >= 0.3 is 6.09 Å². The monoisotopic (exact) mass is 814 g/mol. The van der Waals surface area contributed by atoms with Crippen LogP contribution >= 0.6 is 0 Å². The second kappa shape index (κ2) is 33.5. The molecule has 58 heavy (non-hydrogen) atoms. The molecule has 0 bridgehead atoms. The summed E-state index contributed by atoms with van der Waals surface area (Å²) in [6, 6.07) is 10.3. The third-order valence-electron chi connectivity index (χ3n) is 11.8. The first-order chi connectivity index (χ1) is 28.2. The quantitative estimate of drug-likeness (QED) is 0.0656. The molecule has 0 saturated carbocycles. The van der Waals surface area contributed by atoms with Gasteiger partial charge in [-0.2, -0.15) is 0 Å². The molecule has 1 heterocycles. The van der Waals surface area contributed by atoms with Crippen molar-refractivity contribution in [1.82, 2.24) is 15.5 Å². The van der Waals surface area contributed by atoms with Gasteiger partial charge in [0.05, 0.1) is 18.1 Å². The maximum absolute atomic E-state index is 14.2. The van der Waals surface area contributed by atoms with Gasteiger partial charge in [0, 0.05) is 45.9 Å². The lowest BCUT2D eigenvalue weighted by Gasteiger charge is -2.41. The fourth-order valence-corrected chi connectivity index (χ4v) is 7.98. The fraction of sp³-hybridized carbons (Fsp3) is 0.840. The minimum absolute atomic E-state index is 0.0248. The first-order valence-corrected chi connectivity index (χ1v) is 24.4. The first kappa shape index (κ1) is 52.0. The number of ether oxygens (including phenoxy) is 3. The lowest BCUT2D eigenvalue weighted by molar-refractivity contribution is -0.134. The van der Waals surface area contributed by atoms with Crippen LogP contribution in [0, 0.1) is 5.41 Å². The summed E-state index contributed by atoms with van der Waals surface area (Å²) in [5.74, 6) is 0.0248. The third kappa shape index (κ3) is 26.1. The Kier molecular flexibility index (Phi) is 30.1. The van der Waals surface area contributed by atoms with Crippen LogP contribution in [0.4, 0.5) is 4.79 Å². The summed E-state index contributed by atoms with van der Waals surface area (Å²) in [7, 11) is 0. The smallest absolute Gasteiger partial charge is 0.410 e. The largest absolute Gasteiger partial charge is 0.444 e. The van der Waals surface area contributed by atoms with E-state index < -0.39 is 11.0 Å². The molecule has 8 nitrogen and oxygen atoms in total. The van der Waals surface area contributed by atoms with E-state index in [0.717, 1.165) is 19.4 Å². The molecule has 0 aromatic heterocycles. The van der Waals surface area contributed by atoms with E-state index in [1.165, 1.54) is 147 Å². The molecule has 1 saturated heterocycles. The van der Waals surface area contributed by atoms with Gasteiger partial charge in [-0.1, -0.05) is 185 Å². The Labute approximate surface area is 357 Å². The van der Waals surface area contributed by atoms with Gasteiger partial charge < -0.3 is 29.7 Å². The van der Waals surface area contributed by atoms with E-state index in [4.69, 9.17) is 14.2 Å². The number of piperidine rings is 1. The standard InChI is InChI=1S/C50H91N3O5/c1-6-8-10-12-14-16-18-20-22-24-26-31-39-56-43-46(57-40-32-27-25-23-21-19-17-15-13-11-9-7-2)42-52-47(54)50(44-51-41-45-33-29-28-30-34-45)35-37-53(38-36-50)48(55)58-49(3,4)5/h28-30,33-34,46,51H,6-27,31-32,35-44H2,1-5H3,(H,52,54). The Bertz CT molecular complexity index is 1120. The average Bonchev–Trinajstić information content (AvgIpc) is 3.21. The molecule has 2 rings (SSSR count). The van der Waals surface area contributed by atoms with Crippen LogP contribution in [0.25, 0.3) is 0 Å². The van der Waals surface area contributed by atoms with E-state index in [0.29, 0.717) is 58.8 Å². The number of carbonyl (C=O) groups excluding carboxylic acids is 2. The first-order valence-electron chi connectivity index (χ1n) is 24.4. The molecule has 1 aromatic carbocycles. The lowest BCUT2D eigenvalue weighted by atomic mass is 9.77. The molecule has 1 unspecified atom stereocenters. The van der Waals surface area contributed by atoms with Crippen molar-refractivity contribution in [2.24, 2.45) is 5.41 Å². The SMILES string of the molecule is CCCCCCCCCCCCCCOCC(CNC(=O)C1(CNCc2ccccc2)CCN(C(=O)OC(C)(C)C)CC1)OCCCCCCCCCCCCCC. The number of unbranched alkanes of at least 4 members (excludes halogenated alkanes) is 22. The maximum Gasteiger partial charge on any atom is 0.410 e. The van der Waals surface area contributed by atoms with Crippen molar-refractivity contribution in [2.45, 2.75) is 220 Å². The van der Waals surface area contributed by atoms with Gasteiger partial charge in [0.2, 0.25) is 5.91 Å². The number of hydrogen-bond donors (Lipinski definition) is 2. The third-order valence-corrected chi connectivity index (χ3v) is 11.8. The van der Waals surface area contributed by atoms with Crippen LogP contribution in [-0.4, -0.2) is 74.6 Å². The van der Waals surface area contributed by atoms with Crippen LogP contribution in [0.5, 0.6) is 0 Å². The van der Waals surface area contributed by atoms with E-state index in [-0.39, 0.29) is 18.1 Å². The summed E-state index contributed by atoms with van der Waals surface area (Å²) in [4.78, 5) is 28.8. The Morgan fingerprint density at radius 3 is 1.62 bits per heavy atom. The number of likely N-dealkylation sites (tertiary alicyclic amines) is 1. The normalized spacial score (nSPS) is 14.7. The van der Waals surface area contributed by atoms with Crippen molar-refractivity contribution in [3.05, 3.63) is 35.9 Å². The number of rotatable bonds is 36. The fourth-order valence-electron chi connectivity index (χ4n) is 7.98. The highest BCUT2D eigenvalue weighted by molar-refractivity contribution is 5.83. The molecule has 1 aromatic rings. The summed E-state index contributed by atoms with van der Waals surface area (Å²) < 4.78 is 18.3. The number of benzene rings is 1. The molecule has 8 heteroatoms.